The molecule has 0 fully saturated rings. The van der Waals surface area contributed by atoms with Crippen LogP contribution in [0, 0.1) is 0 Å². The summed E-state index contributed by atoms with van der Waals surface area (Å²) in [5, 5.41) is 18.6. The predicted octanol–water partition coefficient (Wildman–Crippen LogP) is 9.68. The van der Waals surface area contributed by atoms with Gasteiger partial charge in [-0.25, -0.2) is 19.2 Å². The summed E-state index contributed by atoms with van der Waals surface area (Å²) in [4.78, 5) is 46.3. The molecule has 3 rings (SSSR count). The highest BCUT2D eigenvalue weighted by Crippen LogP contribution is 2.27. The van der Waals surface area contributed by atoms with Crippen molar-refractivity contribution >= 4 is 23.9 Å². The first-order valence-corrected chi connectivity index (χ1v) is 16.7. The van der Waals surface area contributed by atoms with Gasteiger partial charge in [-0.15, -0.1) is 26.3 Å². The molecule has 0 radical (unpaired) electrons. The second-order valence-corrected chi connectivity index (χ2v) is 11.8. The summed E-state index contributed by atoms with van der Waals surface area (Å²) in [5.74, 6) is -3.43. The van der Waals surface area contributed by atoms with E-state index in [1.54, 1.807) is 12.1 Å². The van der Waals surface area contributed by atoms with Crippen LogP contribution in [-0.2, 0) is 30.4 Å². The molecule has 2 aromatic rings. The Kier molecular flexibility index (Phi) is 17.5. The van der Waals surface area contributed by atoms with Crippen molar-refractivity contribution in [2.45, 2.75) is 103 Å². The minimum Gasteiger partial charge on any atom is -0.478 e. The van der Waals surface area contributed by atoms with Crippen molar-refractivity contribution < 1.29 is 34.1 Å². The average molecular weight is 643 g/mol. The Morgan fingerprint density at radius 2 is 0.787 bits per heavy atom. The highest BCUT2D eigenvalue weighted by Gasteiger charge is 2.30. The zero-order valence-electron chi connectivity index (χ0n) is 27.7. The molecule has 0 bridgehead atoms. The maximum Gasteiger partial charge on any atom is 0.346 e. The molecule has 1 aliphatic heterocycles. The van der Waals surface area contributed by atoms with Crippen LogP contribution in [0.5, 0.6) is 0 Å². The van der Waals surface area contributed by atoms with Crippen molar-refractivity contribution in [1.82, 2.24) is 0 Å². The number of ether oxygens (including phenoxy) is 1. The lowest BCUT2D eigenvalue weighted by Crippen LogP contribution is -2.11. The van der Waals surface area contributed by atoms with Crippen molar-refractivity contribution in [3.63, 3.8) is 0 Å². The number of allylic oxidation sites excluding steroid dienone is 4. The average Bonchev–Trinajstić information content (AvgIpc) is 3.33. The largest absolute Gasteiger partial charge is 0.478 e. The number of cyclic esters (lactones) is 2. The second-order valence-electron chi connectivity index (χ2n) is 11.8. The first-order chi connectivity index (χ1) is 22.7. The highest BCUT2D eigenvalue weighted by atomic mass is 16.6. The lowest BCUT2D eigenvalue weighted by atomic mass is 9.92. The number of unbranched alkanes of at least 4 members (excludes halogenated alkanes) is 8. The lowest BCUT2D eigenvalue weighted by molar-refractivity contribution is 0.0442. The monoisotopic (exact) mass is 642 g/mol. The van der Waals surface area contributed by atoms with Gasteiger partial charge in [-0.2, -0.15) is 0 Å². The summed E-state index contributed by atoms with van der Waals surface area (Å²) in [5.41, 5.74) is 4.80. The number of carboxylic acid groups (broad SMARTS) is 2. The number of hydrogen-bond donors (Lipinski definition) is 2. The van der Waals surface area contributed by atoms with E-state index in [4.69, 9.17) is 4.74 Å². The van der Waals surface area contributed by atoms with Gasteiger partial charge in [0.25, 0.3) is 0 Å². The molecule has 252 valence electrons. The molecule has 7 heteroatoms. The van der Waals surface area contributed by atoms with E-state index in [0.29, 0.717) is 11.1 Å². The van der Waals surface area contributed by atoms with E-state index in [1.165, 1.54) is 0 Å². The second kappa shape index (κ2) is 21.3. The van der Waals surface area contributed by atoms with Crippen molar-refractivity contribution in [2.24, 2.45) is 0 Å². The fourth-order valence-electron chi connectivity index (χ4n) is 5.61. The summed E-state index contributed by atoms with van der Waals surface area (Å²) >= 11 is 0. The Bertz CT molecular complexity index is 1330. The zero-order valence-corrected chi connectivity index (χ0v) is 27.7. The number of benzene rings is 2. The van der Waals surface area contributed by atoms with E-state index >= 15 is 0 Å². The van der Waals surface area contributed by atoms with Crippen LogP contribution in [-0.4, -0.2) is 34.1 Å². The number of aryl methyl sites for hydroxylation is 4. The van der Waals surface area contributed by atoms with Crippen molar-refractivity contribution in [3.8, 4) is 0 Å². The quantitative estimate of drug-likeness (QED) is 0.0568. The van der Waals surface area contributed by atoms with Crippen LogP contribution >= 0.6 is 0 Å². The molecule has 0 unspecified atom stereocenters. The van der Waals surface area contributed by atoms with Gasteiger partial charge in [-0.1, -0.05) is 24.3 Å². The molecule has 2 N–H and O–H groups in total. The molecular formula is C40H50O7. The van der Waals surface area contributed by atoms with E-state index in [-0.39, 0.29) is 11.1 Å². The zero-order chi connectivity index (χ0) is 34.6. The molecule has 0 aliphatic carbocycles. The molecule has 0 saturated carbocycles. The van der Waals surface area contributed by atoms with Crippen LogP contribution in [0.15, 0.2) is 74.9 Å². The number of rotatable bonds is 22. The van der Waals surface area contributed by atoms with E-state index < -0.39 is 23.9 Å². The van der Waals surface area contributed by atoms with Crippen molar-refractivity contribution in [2.75, 3.05) is 0 Å². The maximum absolute atomic E-state index is 11.7. The normalized spacial score (nSPS) is 11.6. The van der Waals surface area contributed by atoms with Gasteiger partial charge in [-0.3, -0.25) is 0 Å². The third-order valence-corrected chi connectivity index (χ3v) is 8.18. The minimum absolute atomic E-state index is 0.129. The summed E-state index contributed by atoms with van der Waals surface area (Å²) in [6.45, 7) is 14.9. The van der Waals surface area contributed by atoms with Crippen LogP contribution in [0.2, 0.25) is 0 Å². The van der Waals surface area contributed by atoms with E-state index in [2.05, 4.69) is 26.3 Å². The van der Waals surface area contributed by atoms with Gasteiger partial charge in [0, 0.05) is 0 Å². The van der Waals surface area contributed by atoms with Gasteiger partial charge in [0.05, 0.1) is 22.3 Å². The fourth-order valence-corrected chi connectivity index (χ4v) is 5.61. The standard InChI is InChI=1S/C20H26O4.C20H24O3/c1-3-5-7-9-11-15-13-17(19(21)22)18(20(23)24)14-16(15)12-10-8-6-4-2;1-3-5-7-9-11-15-13-17-18(20(22)23-19(17)21)14-16(15)12-10-8-6-4-2/h3-4,13-14H,1-2,5-12H2,(H,21,22)(H,23,24);3-4,13-14H,1-2,5-12H2. The van der Waals surface area contributed by atoms with Crippen LogP contribution in [0.3, 0.4) is 0 Å². The van der Waals surface area contributed by atoms with Crippen molar-refractivity contribution in [3.05, 3.63) is 119 Å². The number of carbonyl (C=O) groups is 4. The number of carboxylic acids is 2. The number of esters is 2. The Labute approximate surface area is 279 Å². The first-order valence-electron chi connectivity index (χ1n) is 16.7. The summed E-state index contributed by atoms with van der Waals surface area (Å²) < 4.78 is 4.72. The lowest BCUT2D eigenvalue weighted by Gasteiger charge is -2.13. The van der Waals surface area contributed by atoms with Gasteiger partial charge < -0.3 is 14.9 Å². The molecule has 0 spiro atoms. The molecule has 47 heavy (non-hydrogen) atoms. The van der Waals surface area contributed by atoms with Gasteiger partial charge in [0.15, 0.2) is 0 Å². The van der Waals surface area contributed by atoms with Crippen LogP contribution in [0.25, 0.3) is 0 Å². The third-order valence-electron chi connectivity index (χ3n) is 8.18. The molecule has 1 aliphatic rings. The topological polar surface area (TPSA) is 118 Å². The van der Waals surface area contributed by atoms with Crippen LogP contribution < -0.4 is 0 Å². The number of hydrogen-bond acceptors (Lipinski definition) is 5. The maximum atomic E-state index is 11.7. The van der Waals surface area contributed by atoms with Crippen molar-refractivity contribution in [1.29, 1.82) is 0 Å². The summed E-state index contributed by atoms with van der Waals surface area (Å²) in [6, 6.07) is 6.81. The number of carbonyl (C=O) groups excluding carboxylic acids is 2. The number of fused-ring (bicyclic) bond motifs is 1. The van der Waals surface area contributed by atoms with Gasteiger partial charge >= 0.3 is 23.9 Å². The first kappa shape index (κ1) is 38.7. The summed E-state index contributed by atoms with van der Waals surface area (Å²) in [6.07, 6.45) is 22.9. The van der Waals surface area contributed by atoms with Gasteiger partial charge in [0.1, 0.15) is 0 Å². The van der Waals surface area contributed by atoms with E-state index in [1.807, 2.05) is 36.4 Å². The van der Waals surface area contributed by atoms with Gasteiger partial charge in [0.2, 0.25) is 0 Å². The highest BCUT2D eigenvalue weighted by molar-refractivity contribution is 6.14. The SMILES string of the molecule is C=CCCCCc1cc(C(=O)O)c(C(=O)O)cc1CCCCC=C.C=CCCCCc1cc2c(cc1CCCCC=C)C(=O)OC2=O. The van der Waals surface area contributed by atoms with Gasteiger partial charge in [-0.05, 0) is 149 Å². The third kappa shape index (κ3) is 12.7. The van der Waals surface area contributed by atoms with E-state index in [0.717, 1.165) is 125 Å². The Morgan fingerprint density at radius 1 is 0.511 bits per heavy atom. The molecule has 1 heterocycles. The molecule has 0 atom stereocenters. The molecule has 0 amide bonds. The Hall–Kier alpha value is -4.52. The molecule has 0 saturated heterocycles. The van der Waals surface area contributed by atoms with Crippen LogP contribution in [0.4, 0.5) is 0 Å². The molecule has 0 aromatic heterocycles. The Balaban J connectivity index is 0.000000327. The minimum atomic E-state index is -1.20. The molecular weight excluding hydrogens is 592 g/mol. The Morgan fingerprint density at radius 3 is 1.04 bits per heavy atom. The summed E-state index contributed by atoms with van der Waals surface area (Å²) in [7, 11) is 0. The van der Waals surface area contributed by atoms with Crippen LogP contribution in [0.1, 0.15) is 141 Å². The fraction of sp³-hybridized carbons (Fsp3) is 0.400. The molecule has 2 aromatic carbocycles. The predicted molar refractivity (Wildman–Crippen MR) is 188 cm³/mol. The number of aromatic carboxylic acids is 2. The smallest absolute Gasteiger partial charge is 0.346 e. The van der Waals surface area contributed by atoms with E-state index in [9.17, 15) is 29.4 Å². The molecule has 7 nitrogen and oxygen atoms in total.